The van der Waals surface area contributed by atoms with Gasteiger partial charge < -0.3 is 19.2 Å². The highest BCUT2D eigenvalue weighted by Gasteiger charge is 2.15. The molecule has 1 aromatic carbocycles. The Morgan fingerprint density at radius 2 is 2.00 bits per heavy atom. The second kappa shape index (κ2) is 6.35. The summed E-state index contributed by atoms with van der Waals surface area (Å²) >= 11 is 0. The van der Waals surface area contributed by atoms with Gasteiger partial charge in [-0.05, 0) is 49.7 Å². The molecule has 5 heteroatoms. The summed E-state index contributed by atoms with van der Waals surface area (Å²) in [5.41, 5.74) is 2.00. The Balaban J connectivity index is 2.10. The lowest BCUT2D eigenvalue weighted by atomic mass is 10.1. The molecule has 0 aliphatic carbocycles. The van der Waals surface area contributed by atoms with Crippen molar-refractivity contribution in [1.82, 2.24) is 0 Å². The van der Waals surface area contributed by atoms with Crippen molar-refractivity contribution in [3.8, 4) is 5.75 Å². The zero-order valence-electron chi connectivity index (χ0n) is 12.6. The van der Waals surface area contributed by atoms with Crippen molar-refractivity contribution in [3.05, 3.63) is 47.4 Å². The number of ether oxygens (including phenoxy) is 2. The Hall–Kier alpha value is -2.43. The number of carbonyl (C=O) groups excluding carboxylic acids is 1. The Labute approximate surface area is 123 Å². The molecule has 1 atom stereocenters. The number of aryl methyl sites for hydroxylation is 1. The van der Waals surface area contributed by atoms with E-state index in [1.807, 2.05) is 32.0 Å². The van der Waals surface area contributed by atoms with E-state index < -0.39 is 5.97 Å². The van der Waals surface area contributed by atoms with Gasteiger partial charge >= 0.3 is 5.97 Å². The van der Waals surface area contributed by atoms with E-state index in [-0.39, 0.29) is 11.8 Å². The highest BCUT2D eigenvalue weighted by molar-refractivity contribution is 5.86. The van der Waals surface area contributed by atoms with Crippen LogP contribution in [0.3, 0.4) is 0 Å². The Morgan fingerprint density at radius 1 is 1.24 bits per heavy atom. The molecule has 0 fully saturated rings. The fourth-order valence-electron chi connectivity index (χ4n) is 2.09. The van der Waals surface area contributed by atoms with Crippen molar-refractivity contribution in [2.45, 2.75) is 19.9 Å². The van der Waals surface area contributed by atoms with Gasteiger partial charge in [-0.25, -0.2) is 4.79 Å². The normalized spacial score (nSPS) is 11.8. The second-order valence-electron chi connectivity index (χ2n) is 4.74. The molecule has 21 heavy (non-hydrogen) atoms. The van der Waals surface area contributed by atoms with E-state index in [2.05, 4.69) is 10.1 Å². The van der Waals surface area contributed by atoms with Crippen LogP contribution in [0, 0.1) is 6.92 Å². The summed E-state index contributed by atoms with van der Waals surface area (Å²) in [6, 6.07) is 9.15. The summed E-state index contributed by atoms with van der Waals surface area (Å²) in [4.78, 5) is 11.4. The minimum atomic E-state index is -0.478. The number of carbonyl (C=O) groups is 1. The maximum atomic E-state index is 11.4. The molecule has 0 bridgehead atoms. The van der Waals surface area contributed by atoms with Gasteiger partial charge in [0.15, 0.2) is 0 Å². The predicted molar refractivity (Wildman–Crippen MR) is 79.8 cm³/mol. The lowest BCUT2D eigenvalue weighted by Gasteiger charge is -2.14. The van der Waals surface area contributed by atoms with Gasteiger partial charge in [-0.1, -0.05) is 0 Å². The average molecular weight is 289 g/mol. The van der Waals surface area contributed by atoms with Crippen molar-refractivity contribution < 1.29 is 18.7 Å². The monoisotopic (exact) mass is 289 g/mol. The van der Waals surface area contributed by atoms with Crippen LogP contribution in [-0.2, 0) is 4.74 Å². The third-order valence-electron chi connectivity index (χ3n) is 3.22. The Kier molecular flexibility index (Phi) is 4.52. The fourth-order valence-corrected chi connectivity index (χ4v) is 2.09. The summed E-state index contributed by atoms with van der Waals surface area (Å²) in [7, 11) is 2.97. The highest BCUT2D eigenvalue weighted by Crippen LogP contribution is 2.25. The first-order valence-electron chi connectivity index (χ1n) is 6.64. The molecule has 2 aromatic rings. The fraction of sp³-hybridized carbons (Fsp3) is 0.312. The van der Waals surface area contributed by atoms with E-state index in [9.17, 15) is 4.79 Å². The molecule has 1 unspecified atom stereocenters. The second-order valence-corrected chi connectivity index (χ2v) is 4.74. The molecule has 112 valence electrons. The first-order chi connectivity index (χ1) is 10.0. The van der Waals surface area contributed by atoms with Crippen molar-refractivity contribution in [2.24, 2.45) is 0 Å². The minimum Gasteiger partial charge on any atom is -0.496 e. The number of benzene rings is 1. The van der Waals surface area contributed by atoms with Crippen molar-refractivity contribution >= 4 is 11.7 Å². The summed E-state index contributed by atoms with van der Waals surface area (Å²) < 4.78 is 15.3. The Morgan fingerprint density at radius 3 is 2.62 bits per heavy atom. The zero-order valence-corrected chi connectivity index (χ0v) is 12.6. The first kappa shape index (κ1) is 15.0. The van der Waals surface area contributed by atoms with Gasteiger partial charge in [0.2, 0.25) is 5.76 Å². The first-order valence-corrected chi connectivity index (χ1v) is 6.64. The summed E-state index contributed by atoms with van der Waals surface area (Å²) in [6.45, 7) is 3.94. The van der Waals surface area contributed by atoms with E-state index in [1.165, 1.54) is 7.11 Å². The van der Waals surface area contributed by atoms with Crippen LogP contribution in [0.15, 0.2) is 34.7 Å². The van der Waals surface area contributed by atoms with E-state index in [1.54, 1.807) is 19.2 Å². The van der Waals surface area contributed by atoms with Crippen LogP contribution >= 0.6 is 0 Å². The molecule has 0 radical (unpaired) electrons. The zero-order chi connectivity index (χ0) is 15.4. The van der Waals surface area contributed by atoms with Crippen LogP contribution < -0.4 is 10.1 Å². The maximum absolute atomic E-state index is 11.4. The van der Waals surface area contributed by atoms with Crippen LogP contribution in [-0.4, -0.2) is 20.2 Å². The number of esters is 1. The van der Waals surface area contributed by atoms with Gasteiger partial charge in [0, 0.05) is 5.69 Å². The van der Waals surface area contributed by atoms with Crippen molar-refractivity contribution in [3.63, 3.8) is 0 Å². The van der Waals surface area contributed by atoms with Crippen molar-refractivity contribution in [2.75, 3.05) is 19.5 Å². The molecule has 5 nitrogen and oxygen atoms in total. The maximum Gasteiger partial charge on any atom is 0.373 e. The van der Waals surface area contributed by atoms with Gasteiger partial charge in [0.05, 0.1) is 20.3 Å². The molecular formula is C16H19NO4. The molecule has 0 aliphatic heterocycles. The topological polar surface area (TPSA) is 60.7 Å². The standard InChI is InChI=1S/C16H19NO4/c1-10-9-12(5-6-13(10)19-3)17-11(2)14-7-8-15(21-14)16(18)20-4/h5-9,11,17H,1-4H3. The Bertz CT molecular complexity index is 633. The quantitative estimate of drug-likeness (QED) is 0.853. The van der Waals surface area contributed by atoms with Crippen LogP contribution in [0.2, 0.25) is 0 Å². The van der Waals surface area contributed by atoms with Gasteiger partial charge in [-0.2, -0.15) is 0 Å². The number of anilines is 1. The van der Waals surface area contributed by atoms with Crippen LogP contribution in [0.1, 0.15) is 34.8 Å². The van der Waals surface area contributed by atoms with E-state index in [0.29, 0.717) is 5.76 Å². The molecule has 1 aromatic heterocycles. The molecule has 0 amide bonds. The molecule has 0 saturated carbocycles. The molecule has 2 rings (SSSR count). The summed E-state index contributed by atoms with van der Waals surface area (Å²) in [5.74, 6) is 1.24. The smallest absolute Gasteiger partial charge is 0.373 e. The number of rotatable bonds is 5. The third kappa shape index (κ3) is 3.37. The predicted octanol–water partition coefficient (Wildman–Crippen LogP) is 3.56. The molecule has 0 aliphatic rings. The van der Waals surface area contributed by atoms with Gasteiger partial charge in [-0.3, -0.25) is 0 Å². The molecule has 0 spiro atoms. The minimum absolute atomic E-state index is 0.0730. The van der Waals surface area contributed by atoms with E-state index in [0.717, 1.165) is 17.0 Å². The number of nitrogens with one attached hydrogen (secondary N) is 1. The molecule has 1 N–H and O–H groups in total. The lowest BCUT2D eigenvalue weighted by molar-refractivity contribution is 0.0562. The lowest BCUT2D eigenvalue weighted by Crippen LogP contribution is -2.06. The highest BCUT2D eigenvalue weighted by atomic mass is 16.5. The molecule has 1 heterocycles. The van der Waals surface area contributed by atoms with Crippen LogP contribution in [0.25, 0.3) is 0 Å². The largest absolute Gasteiger partial charge is 0.496 e. The van der Waals surface area contributed by atoms with E-state index >= 15 is 0 Å². The van der Waals surface area contributed by atoms with Gasteiger partial charge in [0.1, 0.15) is 11.5 Å². The number of furan rings is 1. The number of hydrogen-bond acceptors (Lipinski definition) is 5. The third-order valence-corrected chi connectivity index (χ3v) is 3.22. The number of methoxy groups -OCH3 is 2. The van der Waals surface area contributed by atoms with E-state index in [4.69, 9.17) is 9.15 Å². The SMILES string of the molecule is COC(=O)c1ccc(C(C)Nc2ccc(OC)c(C)c2)o1. The van der Waals surface area contributed by atoms with Crippen LogP contribution in [0.5, 0.6) is 5.75 Å². The summed E-state index contributed by atoms with van der Waals surface area (Å²) in [6.07, 6.45) is 0. The summed E-state index contributed by atoms with van der Waals surface area (Å²) in [5, 5.41) is 3.32. The average Bonchev–Trinajstić information content (AvgIpc) is 2.96. The van der Waals surface area contributed by atoms with Gasteiger partial charge in [-0.15, -0.1) is 0 Å². The molecule has 0 saturated heterocycles. The van der Waals surface area contributed by atoms with Crippen molar-refractivity contribution in [1.29, 1.82) is 0 Å². The number of hydrogen-bond donors (Lipinski definition) is 1. The van der Waals surface area contributed by atoms with Crippen LogP contribution in [0.4, 0.5) is 5.69 Å². The van der Waals surface area contributed by atoms with Gasteiger partial charge in [0.25, 0.3) is 0 Å². The molecular weight excluding hydrogens is 270 g/mol.